The number of carbonyl (C=O) groups excluding carboxylic acids is 1. The monoisotopic (exact) mass is 471 g/mol. The Hall–Kier alpha value is -2.59. The van der Waals surface area contributed by atoms with Crippen molar-refractivity contribution >= 4 is 37.5 Å². The lowest BCUT2D eigenvalue weighted by atomic mass is 10.2. The first-order valence-electron chi connectivity index (χ1n) is 10.3. The molecule has 9 heteroatoms. The molecule has 1 fully saturated rings. The number of hydrogen-bond acceptors (Lipinski definition) is 5. The van der Waals surface area contributed by atoms with Crippen LogP contribution in [0.3, 0.4) is 0 Å². The maximum Gasteiger partial charge on any atom is 0.279 e. The zero-order valence-corrected chi connectivity index (χ0v) is 19.6. The number of sulfonamides is 1. The molecule has 0 bridgehead atoms. The summed E-state index contributed by atoms with van der Waals surface area (Å²) >= 11 is 1.43. The number of hydrogen-bond donors (Lipinski definition) is 0. The minimum Gasteiger partial charge on any atom is -0.373 e. The van der Waals surface area contributed by atoms with Crippen LogP contribution in [0, 0.1) is 0 Å². The maximum atomic E-state index is 13.0. The van der Waals surface area contributed by atoms with Crippen molar-refractivity contribution in [3.05, 3.63) is 71.6 Å². The molecule has 3 aromatic rings. The van der Waals surface area contributed by atoms with Crippen molar-refractivity contribution < 1.29 is 17.9 Å². The number of para-hydroxylation sites is 1. The summed E-state index contributed by atoms with van der Waals surface area (Å²) in [6.45, 7) is 8.64. The van der Waals surface area contributed by atoms with Gasteiger partial charge in [-0.3, -0.25) is 4.79 Å². The number of benzene rings is 2. The molecule has 2 atom stereocenters. The number of morpholine rings is 1. The fourth-order valence-electron chi connectivity index (χ4n) is 3.81. The first-order valence-corrected chi connectivity index (χ1v) is 12.6. The van der Waals surface area contributed by atoms with E-state index in [0.717, 1.165) is 10.2 Å². The van der Waals surface area contributed by atoms with Crippen molar-refractivity contribution in [2.75, 3.05) is 13.1 Å². The highest BCUT2D eigenvalue weighted by atomic mass is 32.2. The fraction of sp³-hybridized carbons (Fsp3) is 0.304. The molecule has 1 aliphatic rings. The standard InChI is InChI=1S/C23H25N3O4S2/c1-4-13-26-20-7-5-6-8-21(20)31-23(26)24-22(27)18-9-11-19(12-10-18)32(28,29)25-14-16(2)30-17(3)15-25/h4-12,16-17H,1,13-15H2,2-3H3. The number of fused-ring (bicyclic) bond motifs is 1. The van der Waals surface area contributed by atoms with E-state index in [9.17, 15) is 13.2 Å². The van der Waals surface area contributed by atoms with Gasteiger partial charge < -0.3 is 9.30 Å². The summed E-state index contributed by atoms with van der Waals surface area (Å²) < 4.78 is 36.1. The van der Waals surface area contributed by atoms with Crippen LogP contribution in [0.25, 0.3) is 10.2 Å². The molecule has 1 aliphatic heterocycles. The van der Waals surface area contributed by atoms with Crippen molar-refractivity contribution in [2.24, 2.45) is 4.99 Å². The molecule has 2 aromatic carbocycles. The number of aromatic nitrogens is 1. The number of ether oxygens (including phenoxy) is 1. The summed E-state index contributed by atoms with van der Waals surface area (Å²) in [5.74, 6) is -0.424. The Morgan fingerprint density at radius 2 is 1.81 bits per heavy atom. The van der Waals surface area contributed by atoms with E-state index in [1.165, 1.54) is 39.9 Å². The van der Waals surface area contributed by atoms with Crippen LogP contribution >= 0.6 is 11.3 Å². The van der Waals surface area contributed by atoms with Gasteiger partial charge in [0, 0.05) is 25.2 Å². The van der Waals surface area contributed by atoms with Crippen LogP contribution in [-0.4, -0.2) is 48.5 Å². The second-order valence-corrected chi connectivity index (χ2v) is 10.7. The van der Waals surface area contributed by atoms with Crippen LogP contribution in [0.5, 0.6) is 0 Å². The van der Waals surface area contributed by atoms with E-state index < -0.39 is 15.9 Å². The van der Waals surface area contributed by atoms with Crippen LogP contribution in [0.1, 0.15) is 24.2 Å². The van der Waals surface area contributed by atoms with Crippen molar-refractivity contribution in [3.8, 4) is 0 Å². The first kappa shape index (κ1) is 22.6. The Balaban J connectivity index is 1.62. The molecule has 4 rings (SSSR count). The summed E-state index contributed by atoms with van der Waals surface area (Å²) in [6, 6.07) is 13.8. The van der Waals surface area contributed by atoms with E-state index in [1.807, 2.05) is 42.7 Å². The van der Waals surface area contributed by atoms with Crippen LogP contribution in [0.2, 0.25) is 0 Å². The molecular weight excluding hydrogens is 446 g/mol. The van der Waals surface area contributed by atoms with Gasteiger partial charge in [0.25, 0.3) is 5.91 Å². The zero-order chi connectivity index (χ0) is 22.9. The van der Waals surface area contributed by atoms with Crippen molar-refractivity contribution in [3.63, 3.8) is 0 Å². The number of thiazole rings is 1. The Bertz CT molecular complexity index is 1310. The van der Waals surface area contributed by atoms with Gasteiger partial charge >= 0.3 is 0 Å². The third-order valence-corrected chi connectivity index (χ3v) is 8.13. The molecule has 1 amide bonds. The van der Waals surface area contributed by atoms with Gasteiger partial charge in [-0.2, -0.15) is 9.30 Å². The molecule has 2 unspecified atom stereocenters. The predicted octanol–water partition coefficient (Wildman–Crippen LogP) is 3.43. The molecule has 0 spiro atoms. The summed E-state index contributed by atoms with van der Waals surface area (Å²) in [5, 5.41) is 0. The Morgan fingerprint density at radius 3 is 2.47 bits per heavy atom. The Morgan fingerprint density at radius 1 is 1.16 bits per heavy atom. The average Bonchev–Trinajstić information content (AvgIpc) is 3.10. The van der Waals surface area contributed by atoms with Gasteiger partial charge in [0.1, 0.15) is 0 Å². The third-order valence-electron chi connectivity index (χ3n) is 5.22. The molecule has 168 valence electrons. The third kappa shape index (κ3) is 4.47. The predicted molar refractivity (Wildman–Crippen MR) is 125 cm³/mol. The minimum atomic E-state index is -3.66. The number of allylic oxidation sites excluding steroid dienone is 1. The van der Waals surface area contributed by atoms with Crippen molar-refractivity contribution in [1.29, 1.82) is 0 Å². The second-order valence-electron chi connectivity index (χ2n) is 7.77. The maximum absolute atomic E-state index is 13.0. The van der Waals surface area contributed by atoms with Gasteiger partial charge in [-0.05, 0) is 50.2 Å². The first-order chi connectivity index (χ1) is 15.3. The minimum absolute atomic E-state index is 0.152. The largest absolute Gasteiger partial charge is 0.373 e. The van der Waals surface area contributed by atoms with Crippen LogP contribution in [-0.2, 0) is 21.3 Å². The Labute approximate surface area is 191 Å². The summed E-state index contributed by atoms with van der Waals surface area (Å²) in [5.41, 5.74) is 1.31. The molecule has 0 N–H and O–H groups in total. The molecule has 0 radical (unpaired) electrons. The van der Waals surface area contributed by atoms with E-state index in [0.29, 0.717) is 30.0 Å². The molecule has 0 saturated carbocycles. The van der Waals surface area contributed by atoms with E-state index in [2.05, 4.69) is 11.6 Å². The van der Waals surface area contributed by atoms with Crippen molar-refractivity contribution in [2.45, 2.75) is 37.5 Å². The number of nitrogens with zero attached hydrogens (tertiary/aromatic N) is 3. The molecule has 1 aromatic heterocycles. The van der Waals surface area contributed by atoms with Gasteiger partial charge in [-0.25, -0.2) is 8.42 Å². The lowest BCUT2D eigenvalue weighted by Crippen LogP contribution is -2.48. The van der Waals surface area contributed by atoms with E-state index in [4.69, 9.17) is 4.74 Å². The Kier molecular flexibility index (Phi) is 6.43. The molecular formula is C23H25N3O4S2. The lowest BCUT2D eigenvalue weighted by molar-refractivity contribution is -0.0440. The van der Waals surface area contributed by atoms with Gasteiger partial charge in [0.15, 0.2) is 4.80 Å². The van der Waals surface area contributed by atoms with Gasteiger partial charge in [-0.15, -0.1) is 6.58 Å². The normalized spacial score (nSPS) is 20.5. The van der Waals surface area contributed by atoms with Gasteiger partial charge in [-0.1, -0.05) is 29.5 Å². The number of rotatable bonds is 5. The molecule has 7 nitrogen and oxygen atoms in total. The van der Waals surface area contributed by atoms with Crippen molar-refractivity contribution in [1.82, 2.24) is 8.87 Å². The number of carbonyl (C=O) groups is 1. The van der Waals surface area contributed by atoms with Crippen LogP contribution < -0.4 is 4.80 Å². The van der Waals surface area contributed by atoms with E-state index in [-0.39, 0.29) is 17.1 Å². The molecule has 0 aliphatic carbocycles. The quantitative estimate of drug-likeness (QED) is 0.534. The summed E-state index contributed by atoms with van der Waals surface area (Å²) in [7, 11) is -3.66. The average molecular weight is 472 g/mol. The van der Waals surface area contributed by atoms with Gasteiger partial charge in [0.05, 0.1) is 27.3 Å². The van der Waals surface area contributed by atoms with E-state index in [1.54, 1.807) is 6.08 Å². The summed E-state index contributed by atoms with van der Waals surface area (Å²) in [6.07, 6.45) is 1.42. The lowest BCUT2D eigenvalue weighted by Gasteiger charge is -2.34. The zero-order valence-electron chi connectivity index (χ0n) is 18.0. The highest BCUT2D eigenvalue weighted by Gasteiger charge is 2.32. The highest BCUT2D eigenvalue weighted by molar-refractivity contribution is 7.89. The second kappa shape index (κ2) is 9.11. The van der Waals surface area contributed by atoms with Gasteiger partial charge in [0.2, 0.25) is 10.0 Å². The molecule has 1 saturated heterocycles. The fourth-order valence-corrected chi connectivity index (χ4v) is 6.44. The highest BCUT2D eigenvalue weighted by Crippen LogP contribution is 2.22. The van der Waals surface area contributed by atoms with Crippen LogP contribution in [0.4, 0.5) is 0 Å². The molecule has 2 heterocycles. The molecule has 32 heavy (non-hydrogen) atoms. The van der Waals surface area contributed by atoms with Crippen LogP contribution in [0.15, 0.2) is 71.1 Å². The van der Waals surface area contributed by atoms with E-state index >= 15 is 0 Å². The smallest absolute Gasteiger partial charge is 0.279 e. The summed E-state index contributed by atoms with van der Waals surface area (Å²) in [4.78, 5) is 17.9. The topological polar surface area (TPSA) is 81.0 Å². The number of amides is 1. The SMILES string of the molecule is C=CCn1c(=NC(=O)c2ccc(S(=O)(=O)N3CC(C)OC(C)C3)cc2)sc2ccccc21.